The maximum absolute atomic E-state index is 12.4. The van der Waals surface area contributed by atoms with E-state index < -0.39 is 11.7 Å². The van der Waals surface area contributed by atoms with Crippen LogP contribution in [0.25, 0.3) is 5.69 Å². The quantitative estimate of drug-likeness (QED) is 0.878. The standard InChI is InChI=1S/C10H9F3N4/c1-14-9-4-8(2-3-15-9)17-6-7(5-16-17)10(11,12)13/h2-6H,1H3,(H,14,15). The largest absolute Gasteiger partial charge is 0.419 e. The van der Waals surface area contributed by atoms with Crippen LogP contribution in [0.5, 0.6) is 0 Å². The third kappa shape index (κ3) is 2.38. The first kappa shape index (κ1) is 11.4. The van der Waals surface area contributed by atoms with Crippen molar-refractivity contribution in [2.45, 2.75) is 6.18 Å². The van der Waals surface area contributed by atoms with Gasteiger partial charge in [-0.1, -0.05) is 0 Å². The van der Waals surface area contributed by atoms with Crippen LogP contribution in [-0.4, -0.2) is 21.8 Å². The topological polar surface area (TPSA) is 42.7 Å². The van der Waals surface area contributed by atoms with Crippen LogP contribution in [0.1, 0.15) is 5.56 Å². The second kappa shape index (κ2) is 4.08. The molecule has 2 heterocycles. The van der Waals surface area contributed by atoms with Crippen molar-refractivity contribution in [2.75, 3.05) is 12.4 Å². The molecule has 0 amide bonds. The zero-order chi connectivity index (χ0) is 12.5. The van der Waals surface area contributed by atoms with Gasteiger partial charge in [-0.05, 0) is 6.07 Å². The number of rotatable bonds is 2. The summed E-state index contributed by atoms with van der Waals surface area (Å²) in [6, 6.07) is 3.18. The molecule has 0 radical (unpaired) electrons. The normalized spacial score (nSPS) is 11.5. The Morgan fingerprint density at radius 3 is 2.71 bits per heavy atom. The summed E-state index contributed by atoms with van der Waals surface area (Å²) in [5, 5.41) is 6.47. The van der Waals surface area contributed by atoms with E-state index in [1.807, 2.05) is 0 Å². The molecule has 4 nitrogen and oxygen atoms in total. The smallest absolute Gasteiger partial charge is 0.373 e. The third-order valence-electron chi connectivity index (χ3n) is 2.17. The molecule has 90 valence electrons. The van der Waals surface area contributed by atoms with Gasteiger partial charge in [0, 0.05) is 25.5 Å². The van der Waals surface area contributed by atoms with Crippen LogP contribution >= 0.6 is 0 Å². The number of alkyl halides is 3. The molecule has 2 aromatic heterocycles. The molecule has 2 aromatic rings. The predicted octanol–water partition coefficient (Wildman–Crippen LogP) is 2.33. The molecule has 0 aliphatic carbocycles. The number of hydrogen-bond donors (Lipinski definition) is 1. The van der Waals surface area contributed by atoms with Crippen molar-refractivity contribution in [3.8, 4) is 5.69 Å². The summed E-state index contributed by atoms with van der Waals surface area (Å²) in [6.45, 7) is 0. The molecule has 17 heavy (non-hydrogen) atoms. The summed E-state index contributed by atoms with van der Waals surface area (Å²) in [5.74, 6) is 0.562. The predicted molar refractivity (Wildman–Crippen MR) is 55.9 cm³/mol. The van der Waals surface area contributed by atoms with Crippen LogP contribution in [0.2, 0.25) is 0 Å². The SMILES string of the molecule is CNc1cc(-n2cc(C(F)(F)F)cn2)ccn1. The lowest BCUT2D eigenvalue weighted by Gasteiger charge is -2.04. The van der Waals surface area contributed by atoms with Gasteiger partial charge in [0.1, 0.15) is 5.82 Å². The van der Waals surface area contributed by atoms with Crippen molar-refractivity contribution in [3.63, 3.8) is 0 Å². The lowest BCUT2D eigenvalue weighted by atomic mass is 10.3. The van der Waals surface area contributed by atoms with Crippen molar-refractivity contribution < 1.29 is 13.2 Å². The van der Waals surface area contributed by atoms with Gasteiger partial charge in [-0.3, -0.25) is 0 Å². The van der Waals surface area contributed by atoms with E-state index in [4.69, 9.17) is 0 Å². The Morgan fingerprint density at radius 1 is 1.35 bits per heavy atom. The molecular formula is C10H9F3N4. The molecule has 0 aliphatic heterocycles. The van der Waals surface area contributed by atoms with Crippen LogP contribution < -0.4 is 5.32 Å². The molecule has 0 fully saturated rings. The Hall–Kier alpha value is -2.05. The second-order valence-electron chi connectivity index (χ2n) is 3.32. The van der Waals surface area contributed by atoms with Crippen molar-refractivity contribution in [2.24, 2.45) is 0 Å². The lowest BCUT2D eigenvalue weighted by molar-refractivity contribution is -0.137. The highest BCUT2D eigenvalue weighted by Crippen LogP contribution is 2.29. The van der Waals surface area contributed by atoms with Crippen LogP contribution in [0.15, 0.2) is 30.7 Å². The minimum atomic E-state index is -4.38. The Kier molecular flexibility index (Phi) is 2.74. The highest BCUT2D eigenvalue weighted by Gasteiger charge is 2.32. The average Bonchev–Trinajstić information content (AvgIpc) is 2.78. The Labute approximate surface area is 95.1 Å². The van der Waals surface area contributed by atoms with Crippen LogP contribution in [-0.2, 0) is 6.18 Å². The monoisotopic (exact) mass is 242 g/mol. The Balaban J connectivity index is 2.37. The van der Waals surface area contributed by atoms with Gasteiger partial charge in [0.15, 0.2) is 0 Å². The summed E-state index contributed by atoms with van der Waals surface area (Å²) in [4.78, 5) is 3.96. The first-order valence-corrected chi connectivity index (χ1v) is 4.77. The number of pyridine rings is 1. The van der Waals surface area contributed by atoms with E-state index >= 15 is 0 Å². The minimum Gasteiger partial charge on any atom is -0.373 e. The van der Waals surface area contributed by atoms with Crippen molar-refractivity contribution in [1.82, 2.24) is 14.8 Å². The lowest BCUT2D eigenvalue weighted by Crippen LogP contribution is -2.03. The Bertz CT molecular complexity index is 518. The van der Waals surface area contributed by atoms with Gasteiger partial charge in [0.25, 0.3) is 0 Å². The fraction of sp³-hybridized carbons (Fsp3) is 0.200. The van der Waals surface area contributed by atoms with Gasteiger partial charge in [0.05, 0.1) is 17.4 Å². The summed E-state index contributed by atoms with van der Waals surface area (Å²) in [5.41, 5.74) is -0.264. The Morgan fingerprint density at radius 2 is 2.12 bits per heavy atom. The number of hydrogen-bond acceptors (Lipinski definition) is 3. The van der Waals surface area contributed by atoms with E-state index in [-0.39, 0.29) is 0 Å². The molecule has 0 spiro atoms. The number of aromatic nitrogens is 3. The fourth-order valence-electron chi connectivity index (χ4n) is 1.31. The molecule has 0 bridgehead atoms. The highest BCUT2D eigenvalue weighted by atomic mass is 19.4. The van der Waals surface area contributed by atoms with Crippen LogP contribution in [0.4, 0.5) is 19.0 Å². The molecule has 0 atom stereocenters. The van der Waals surface area contributed by atoms with Gasteiger partial charge >= 0.3 is 6.18 Å². The van der Waals surface area contributed by atoms with Crippen LogP contribution in [0, 0.1) is 0 Å². The number of nitrogens with zero attached hydrogens (tertiary/aromatic N) is 3. The first-order chi connectivity index (χ1) is 8.00. The van der Waals surface area contributed by atoms with Crippen LogP contribution in [0.3, 0.4) is 0 Å². The molecule has 1 N–H and O–H groups in total. The fourth-order valence-corrected chi connectivity index (χ4v) is 1.31. The van der Waals surface area contributed by atoms with Crippen molar-refractivity contribution in [3.05, 3.63) is 36.3 Å². The minimum absolute atomic E-state index is 0.514. The molecule has 0 saturated carbocycles. The van der Waals surface area contributed by atoms with E-state index in [0.29, 0.717) is 11.5 Å². The molecule has 0 unspecified atom stereocenters. The molecule has 7 heteroatoms. The number of anilines is 1. The van der Waals surface area contributed by atoms with E-state index in [1.165, 1.54) is 6.20 Å². The zero-order valence-corrected chi connectivity index (χ0v) is 8.86. The first-order valence-electron chi connectivity index (χ1n) is 4.77. The zero-order valence-electron chi connectivity index (χ0n) is 8.86. The summed E-state index contributed by atoms with van der Waals surface area (Å²) in [7, 11) is 1.68. The highest BCUT2D eigenvalue weighted by molar-refractivity contribution is 5.44. The molecule has 0 aliphatic rings. The summed E-state index contributed by atoms with van der Waals surface area (Å²) < 4.78 is 38.3. The maximum atomic E-state index is 12.4. The van der Waals surface area contributed by atoms with Crippen molar-refractivity contribution >= 4 is 5.82 Å². The van der Waals surface area contributed by atoms with Gasteiger partial charge in [-0.25, -0.2) is 9.67 Å². The summed E-state index contributed by atoms with van der Waals surface area (Å²) >= 11 is 0. The van der Waals surface area contributed by atoms with Gasteiger partial charge in [-0.2, -0.15) is 18.3 Å². The molecule has 2 rings (SSSR count). The molecule has 0 saturated heterocycles. The number of halogens is 3. The third-order valence-corrected chi connectivity index (χ3v) is 2.17. The van der Waals surface area contributed by atoms with E-state index in [0.717, 1.165) is 17.1 Å². The number of nitrogens with one attached hydrogen (secondary N) is 1. The van der Waals surface area contributed by atoms with E-state index in [9.17, 15) is 13.2 Å². The molecular weight excluding hydrogens is 233 g/mol. The molecule has 0 aromatic carbocycles. The van der Waals surface area contributed by atoms with Gasteiger partial charge in [-0.15, -0.1) is 0 Å². The van der Waals surface area contributed by atoms with Gasteiger partial charge in [0.2, 0.25) is 0 Å². The average molecular weight is 242 g/mol. The maximum Gasteiger partial charge on any atom is 0.419 e. The van der Waals surface area contributed by atoms with Gasteiger partial charge < -0.3 is 5.32 Å². The van der Waals surface area contributed by atoms with E-state index in [2.05, 4.69) is 15.4 Å². The second-order valence-corrected chi connectivity index (χ2v) is 3.32. The summed E-state index contributed by atoms with van der Waals surface area (Å²) in [6.07, 6.45) is -1.15. The van der Waals surface area contributed by atoms with Crippen molar-refractivity contribution in [1.29, 1.82) is 0 Å². The van der Waals surface area contributed by atoms with E-state index in [1.54, 1.807) is 19.2 Å².